The van der Waals surface area contributed by atoms with Crippen LogP contribution < -0.4 is 5.32 Å². The lowest BCUT2D eigenvalue weighted by Crippen LogP contribution is -2.30. The molecule has 0 aromatic heterocycles. The molecule has 0 fully saturated rings. The third-order valence-corrected chi connectivity index (χ3v) is 3.04. The molecule has 2 atom stereocenters. The van der Waals surface area contributed by atoms with Gasteiger partial charge in [0, 0.05) is 16.8 Å². The normalized spacial score (nSPS) is 14.8. The van der Waals surface area contributed by atoms with Crippen molar-refractivity contribution in [2.75, 3.05) is 5.32 Å². The molecule has 19 heavy (non-hydrogen) atoms. The number of anilines is 1. The summed E-state index contributed by atoms with van der Waals surface area (Å²) in [5.74, 6) is -1.90. The highest BCUT2D eigenvalue weighted by Crippen LogP contribution is 2.37. The highest BCUT2D eigenvalue weighted by molar-refractivity contribution is 6.30. The summed E-state index contributed by atoms with van der Waals surface area (Å²) in [6, 6.07) is 2.66. The molecule has 0 aliphatic heterocycles. The van der Waals surface area contributed by atoms with Crippen molar-refractivity contribution in [1.29, 1.82) is 0 Å². The molecular weight excluding hydrogens is 283 g/mol. The first-order valence-corrected chi connectivity index (χ1v) is 5.87. The van der Waals surface area contributed by atoms with Gasteiger partial charge in [-0.3, -0.25) is 4.79 Å². The smallest absolute Gasteiger partial charge is 0.418 e. The standard InChI is InChI=1S/C12H13ClF3NO2/c1-6(11(18)19)7(2)17-10-4-3-8(13)5-9(10)12(14,15)16/h3-7,17H,1-2H3,(H,18,19). The Kier molecular flexibility index (Phi) is 4.68. The molecule has 0 spiro atoms. The summed E-state index contributed by atoms with van der Waals surface area (Å²) in [5, 5.41) is 11.4. The molecule has 0 heterocycles. The minimum Gasteiger partial charge on any atom is -0.481 e. The zero-order valence-corrected chi connectivity index (χ0v) is 11.0. The number of halogens is 4. The van der Waals surface area contributed by atoms with Gasteiger partial charge in [0.05, 0.1) is 11.5 Å². The molecule has 3 nitrogen and oxygen atoms in total. The zero-order valence-electron chi connectivity index (χ0n) is 10.3. The van der Waals surface area contributed by atoms with Crippen LogP contribution in [0.25, 0.3) is 0 Å². The maximum absolute atomic E-state index is 12.8. The lowest BCUT2D eigenvalue weighted by molar-refractivity contribution is -0.141. The molecule has 0 amide bonds. The predicted octanol–water partition coefficient (Wildman–Crippen LogP) is 3.88. The molecule has 2 N–H and O–H groups in total. The summed E-state index contributed by atoms with van der Waals surface area (Å²) < 4.78 is 38.5. The summed E-state index contributed by atoms with van der Waals surface area (Å²) in [6.07, 6.45) is -4.56. The number of carbonyl (C=O) groups is 1. The zero-order chi connectivity index (χ0) is 14.8. The van der Waals surface area contributed by atoms with Crippen LogP contribution in [0, 0.1) is 5.92 Å². The number of carboxylic acids is 1. The Hall–Kier alpha value is -1.43. The van der Waals surface area contributed by atoms with E-state index in [0.29, 0.717) is 0 Å². The summed E-state index contributed by atoms with van der Waals surface area (Å²) in [4.78, 5) is 10.8. The molecule has 1 aromatic carbocycles. The van der Waals surface area contributed by atoms with Crippen LogP contribution in [0.15, 0.2) is 18.2 Å². The van der Waals surface area contributed by atoms with Gasteiger partial charge in [-0.05, 0) is 32.0 Å². The van der Waals surface area contributed by atoms with Crippen molar-refractivity contribution in [1.82, 2.24) is 0 Å². The lowest BCUT2D eigenvalue weighted by atomic mass is 10.0. The number of carboxylic acid groups (broad SMARTS) is 1. The van der Waals surface area contributed by atoms with Crippen molar-refractivity contribution in [2.45, 2.75) is 26.1 Å². The van der Waals surface area contributed by atoms with Gasteiger partial charge >= 0.3 is 12.1 Å². The third-order valence-electron chi connectivity index (χ3n) is 2.81. The first-order valence-electron chi connectivity index (χ1n) is 5.49. The number of hydrogen-bond donors (Lipinski definition) is 2. The van der Waals surface area contributed by atoms with Crippen LogP contribution in [0.4, 0.5) is 18.9 Å². The molecule has 106 valence electrons. The molecule has 0 saturated heterocycles. The van der Waals surface area contributed by atoms with E-state index < -0.39 is 29.7 Å². The maximum Gasteiger partial charge on any atom is 0.418 e. The van der Waals surface area contributed by atoms with E-state index in [9.17, 15) is 18.0 Å². The minimum absolute atomic E-state index is 0.0307. The fourth-order valence-corrected chi connectivity index (χ4v) is 1.63. The van der Waals surface area contributed by atoms with Crippen LogP contribution in [0.5, 0.6) is 0 Å². The van der Waals surface area contributed by atoms with Gasteiger partial charge in [-0.2, -0.15) is 13.2 Å². The van der Waals surface area contributed by atoms with Crippen LogP contribution in [0.3, 0.4) is 0 Å². The average Bonchev–Trinajstić information content (AvgIpc) is 2.28. The van der Waals surface area contributed by atoms with Gasteiger partial charge in [0.15, 0.2) is 0 Å². The molecule has 7 heteroatoms. The number of benzene rings is 1. The van der Waals surface area contributed by atoms with Gasteiger partial charge < -0.3 is 10.4 Å². The van der Waals surface area contributed by atoms with Crippen LogP contribution in [0.1, 0.15) is 19.4 Å². The molecule has 2 unspecified atom stereocenters. The van der Waals surface area contributed by atoms with Gasteiger partial charge in [0.2, 0.25) is 0 Å². The van der Waals surface area contributed by atoms with Crippen LogP contribution >= 0.6 is 11.6 Å². The van der Waals surface area contributed by atoms with Crippen molar-refractivity contribution >= 4 is 23.3 Å². The van der Waals surface area contributed by atoms with Crippen molar-refractivity contribution in [3.63, 3.8) is 0 Å². The van der Waals surface area contributed by atoms with E-state index in [0.717, 1.165) is 6.07 Å². The van der Waals surface area contributed by atoms with Crippen molar-refractivity contribution in [2.24, 2.45) is 5.92 Å². The Morgan fingerprint density at radius 1 is 1.37 bits per heavy atom. The largest absolute Gasteiger partial charge is 0.481 e. The Morgan fingerprint density at radius 2 is 1.95 bits per heavy atom. The molecular formula is C12H13ClF3NO2. The Morgan fingerprint density at radius 3 is 2.42 bits per heavy atom. The Labute approximate surface area is 113 Å². The molecule has 0 aliphatic carbocycles. The first kappa shape index (κ1) is 15.6. The quantitative estimate of drug-likeness (QED) is 0.886. The summed E-state index contributed by atoms with van der Waals surface area (Å²) in [6.45, 7) is 2.93. The maximum atomic E-state index is 12.8. The minimum atomic E-state index is -4.56. The highest BCUT2D eigenvalue weighted by Gasteiger charge is 2.34. The molecule has 1 rings (SSSR count). The molecule has 0 aliphatic rings. The predicted molar refractivity (Wildman–Crippen MR) is 66.3 cm³/mol. The topological polar surface area (TPSA) is 49.3 Å². The number of hydrogen-bond acceptors (Lipinski definition) is 2. The number of rotatable bonds is 4. The van der Waals surface area contributed by atoms with Gasteiger partial charge in [0.1, 0.15) is 0 Å². The van der Waals surface area contributed by atoms with Crippen molar-refractivity contribution in [3.8, 4) is 0 Å². The second kappa shape index (κ2) is 5.69. The molecule has 1 aromatic rings. The SMILES string of the molecule is CC(Nc1ccc(Cl)cc1C(F)(F)F)C(C)C(=O)O. The second-order valence-electron chi connectivity index (χ2n) is 4.25. The molecule has 0 bridgehead atoms. The van der Waals surface area contributed by atoms with Crippen molar-refractivity contribution < 1.29 is 23.1 Å². The monoisotopic (exact) mass is 295 g/mol. The van der Waals surface area contributed by atoms with Crippen LogP contribution in [-0.4, -0.2) is 17.1 Å². The fourth-order valence-electron chi connectivity index (χ4n) is 1.46. The van der Waals surface area contributed by atoms with Gasteiger partial charge in [0.25, 0.3) is 0 Å². The van der Waals surface area contributed by atoms with E-state index in [4.69, 9.17) is 16.7 Å². The summed E-state index contributed by atoms with van der Waals surface area (Å²) in [5.41, 5.74) is -1.10. The fraction of sp³-hybridized carbons (Fsp3) is 0.417. The number of alkyl halides is 3. The second-order valence-corrected chi connectivity index (χ2v) is 4.68. The van der Waals surface area contributed by atoms with E-state index in [1.807, 2.05) is 0 Å². The van der Waals surface area contributed by atoms with Crippen molar-refractivity contribution in [3.05, 3.63) is 28.8 Å². The van der Waals surface area contributed by atoms with Gasteiger partial charge in [-0.1, -0.05) is 11.6 Å². The number of nitrogens with one attached hydrogen (secondary N) is 1. The third kappa shape index (κ3) is 4.02. The average molecular weight is 296 g/mol. The van der Waals surface area contributed by atoms with E-state index in [1.165, 1.54) is 26.0 Å². The summed E-state index contributed by atoms with van der Waals surface area (Å²) >= 11 is 5.55. The lowest BCUT2D eigenvalue weighted by Gasteiger charge is -2.22. The van der Waals surface area contributed by atoms with E-state index >= 15 is 0 Å². The van der Waals surface area contributed by atoms with Gasteiger partial charge in [-0.15, -0.1) is 0 Å². The van der Waals surface area contributed by atoms with E-state index in [1.54, 1.807) is 0 Å². The Balaban J connectivity index is 3.05. The number of aliphatic carboxylic acids is 1. The van der Waals surface area contributed by atoms with E-state index in [-0.39, 0.29) is 10.7 Å². The van der Waals surface area contributed by atoms with Crippen LogP contribution in [-0.2, 0) is 11.0 Å². The first-order chi connectivity index (χ1) is 8.62. The highest BCUT2D eigenvalue weighted by atomic mass is 35.5. The van der Waals surface area contributed by atoms with E-state index in [2.05, 4.69) is 5.32 Å². The van der Waals surface area contributed by atoms with Gasteiger partial charge in [-0.25, -0.2) is 0 Å². The summed E-state index contributed by atoms with van der Waals surface area (Å²) in [7, 11) is 0. The Bertz CT molecular complexity index is 477. The van der Waals surface area contributed by atoms with Crippen LogP contribution in [0.2, 0.25) is 5.02 Å². The molecule has 0 saturated carbocycles. The molecule has 0 radical (unpaired) electrons.